The van der Waals surface area contributed by atoms with Gasteiger partial charge >= 0.3 is 0 Å². The van der Waals surface area contributed by atoms with Gasteiger partial charge in [0.25, 0.3) is 0 Å². The molecular formula is C14H19BrN2O. The van der Waals surface area contributed by atoms with Crippen LogP contribution in [-0.4, -0.2) is 25.0 Å². The van der Waals surface area contributed by atoms with Gasteiger partial charge < -0.3 is 10.6 Å². The summed E-state index contributed by atoms with van der Waals surface area (Å²) in [6.45, 7) is 4.00. The van der Waals surface area contributed by atoms with Crippen LogP contribution in [0, 0.1) is 0 Å². The van der Waals surface area contributed by atoms with E-state index in [-0.39, 0.29) is 11.8 Å². The van der Waals surface area contributed by atoms with Crippen molar-refractivity contribution in [3.05, 3.63) is 34.3 Å². The van der Waals surface area contributed by atoms with Gasteiger partial charge in [0, 0.05) is 23.5 Å². The first kappa shape index (κ1) is 13.6. The van der Waals surface area contributed by atoms with E-state index in [4.69, 9.17) is 0 Å². The van der Waals surface area contributed by atoms with Crippen LogP contribution in [-0.2, 0) is 4.79 Å². The van der Waals surface area contributed by atoms with E-state index in [0.717, 1.165) is 24.0 Å². The summed E-state index contributed by atoms with van der Waals surface area (Å²) in [4.78, 5) is 11.9. The normalized spacial score (nSPS) is 20.7. The van der Waals surface area contributed by atoms with Crippen molar-refractivity contribution in [2.45, 2.75) is 31.7 Å². The van der Waals surface area contributed by atoms with Crippen molar-refractivity contribution in [2.24, 2.45) is 0 Å². The molecule has 4 heteroatoms. The molecule has 1 aliphatic rings. The zero-order valence-corrected chi connectivity index (χ0v) is 12.2. The summed E-state index contributed by atoms with van der Waals surface area (Å²) in [6, 6.07) is 8.49. The predicted molar refractivity (Wildman–Crippen MR) is 76.6 cm³/mol. The molecular weight excluding hydrogens is 292 g/mol. The highest BCUT2D eigenvalue weighted by Gasteiger charge is 2.18. The second kappa shape index (κ2) is 6.34. The first-order valence-electron chi connectivity index (χ1n) is 6.40. The average Bonchev–Trinajstić information content (AvgIpc) is 2.82. The highest BCUT2D eigenvalue weighted by atomic mass is 79.9. The first-order chi connectivity index (χ1) is 8.65. The molecule has 1 heterocycles. The molecule has 0 radical (unpaired) electrons. The van der Waals surface area contributed by atoms with Gasteiger partial charge in [0.15, 0.2) is 0 Å². The summed E-state index contributed by atoms with van der Waals surface area (Å²) in [5.74, 6) is 0.409. The van der Waals surface area contributed by atoms with E-state index in [1.54, 1.807) is 0 Å². The maximum absolute atomic E-state index is 11.9. The van der Waals surface area contributed by atoms with Crippen molar-refractivity contribution >= 4 is 21.8 Å². The van der Waals surface area contributed by atoms with Crippen LogP contribution in [0.3, 0.4) is 0 Å². The van der Waals surface area contributed by atoms with E-state index in [0.29, 0.717) is 12.5 Å². The van der Waals surface area contributed by atoms with Crippen molar-refractivity contribution in [1.82, 2.24) is 10.6 Å². The summed E-state index contributed by atoms with van der Waals surface area (Å²) in [6.07, 6.45) is 1.59. The predicted octanol–water partition coefficient (Wildman–Crippen LogP) is 2.42. The Bertz CT molecular complexity index is 399. The third kappa shape index (κ3) is 3.82. The van der Waals surface area contributed by atoms with Crippen LogP contribution in [0.2, 0.25) is 0 Å². The third-order valence-corrected chi connectivity index (χ3v) is 3.88. The average molecular weight is 311 g/mol. The minimum Gasteiger partial charge on any atom is -0.352 e. The van der Waals surface area contributed by atoms with Gasteiger partial charge in [-0.2, -0.15) is 0 Å². The fourth-order valence-electron chi connectivity index (χ4n) is 2.25. The molecule has 0 aliphatic carbocycles. The topological polar surface area (TPSA) is 41.1 Å². The van der Waals surface area contributed by atoms with Gasteiger partial charge in [-0.05, 0) is 36.6 Å². The number of halogens is 1. The number of hydrogen-bond donors (Lipinski definition) is 2. The minimum absolute atomic E-state index is 0.152. The monoisotopic (exact) mass is 310 g/mol. The molecule has 2 rings (SSSR count). The lowest BCUT2D eigenvalue weighted by molar-refractivity contribution is -0.122. The van der Waals surface area contributed by atoms with Crippen molar-refractivity contribution in [1.29, 1.82) is 0 Å². The number of amides is 1. The van der Waals surface area contributed by atoms with Gasteiger partial charge in [-0.25, -0.2) is 0 Å². The summed E-state index contributed by atoms with van der Waals surface area (Å²) < 4.78 is 1.07. The Morgan fingerprint density at radius 3 is 2.83 bits per heavy atom. The van der Waals surface area contributed by atoms with E-state index < -0.39 is 0 Å². The van der Waals surface area contributed by atoms with Gasteiger partial charge in [-0.3, -0.25) is 4.79 Å². The molecule has 0 aromatic heterocycles. The minimum atomic E-state index is 0.152. The highest BCUT2D eigenvalue weighted by Crippen LogP contribution is 2.21. The molecule has 0 spiro atoms. The van der Waals surface area contributed by atoms with Crippen LogP contribution in [0.15, 0.2) is 28.7 Å². The van der Waals surface area contributed by atoms with Gasteiger partial charge in [-0.15, -0.1) is 0 Å². The summed E-state index contributed by atoms with van der Waals surface area (Å²) in [5, 5.41) is 6.33. The lowest BCUT2D eigenvalue weighted by Gasteiger charge is -2.15. The number of benzene rings is 1. The Morgan fingerprint density at radius 2 is 2.22 bits per heavy atom. The second-order valence-corrected chi connectivity index (χ2v) is 5.83. The Labute approximate surface area is 116 Å². The molecule has 0 saturated carbocycles. The highest BCUT2D eigenvalue weighted by molar-refractivity contribution is 9.10. The Morgan fingerprint density at radius 1 is 1.50 bits per heavy atom. The van der Waals surface area contributed by atoms with Gasteiger partial charge in [-0.1, -0.05) is 35.0 Å². The molecule has 2 atom stereocenters. The molecule has 1 saturated heterocycles. The van der Waals surface area contributed by atoms with Gasteiger partial charge in [0.1, 0.15) is 0 Å². The van der Waals surface area contributed by atoms with Gasteiger partial charge in [0.05, 0.1) is 0 Å². The van der Waals surface area contributed by atoms with Crippen LogP contribution < -0.4 is 10.6 Å². The Hall–Kier alpha value is -0.870. The Balaban J connectivity index is 1.84. The van der Waals surface area contributed by atoms with Crippen LogP contribution in [0.5, 0.6) is 0 Å². The molecule has 1 aromatic rings. The number of hydrogen-bond acceptors (Lipinski definition) is 2. The number of carbonyl (C=O) groups is 1. The molecule has 18 heavy (non-hydrogen) atoms. The zero-order chi connectivity index (χ0) is 13.0. The standard InChI is InChI=1S/C14H19BrN2O/c1-10(11-2-4-12(15)5-3-11)8-14(18)17-13-6-7-16-9-13/h2-5,10,13,16H,6-9H2,1H3,(H,17,18). The SMILES string of the molecule is CC(CC(=O)NC1CCNC1)c1ccc(Br)cc1. The van der Waals surface area contributed by atoms with Gasteiger partial charge in [0.2, 0.25) is 5.91 Å². The van der Waals surface area contributed by atoms with Crippen molar-refractivity contribution in [3.63, 3.8) is 0 Å². The van der Waals surface area contributed by atoms with E-state index in [1.807, 2.05) is 12.1 Å². The van der Waals surface area contributed by atoms with E-state index in [9.17, 15) is 4.79 Å². The van der Waals surface area contributed by atoms with Crippen molar-refractivity contribution < 1.29 is 4.79 Å². The molecule has 1 aromatic carbocycles. The van der Waals surface area contributed by atoms with Crippen molar-refractivity contribution in [2.75, 3.05) is 13.1 Å². The van der Waals surface area contributed by atoms with E-state index in [1.165, 1.54) is 5.56 Å². The van der Waals surface area contributed by atoms with Crippen LogP contribution in [0.1, 0.15) is 31.2 Å². The summed E-state index contributed by atoms with van der Waals surface area (Å²) in [7, 11) is 0. The first-order valence-corrected chi connectivity index (χ1v) is 7.20. The largest absolute Gasteiger partial charge is 0.352 e. The number of carbonyl (C=O) groups excluding carboxylic acids is 1. The quantitative estimate of drug-likeness (QED) is 0.897. The molecule has 2 N–H and O–H groups in total. The Kier molecular flexibility index (Phi) is 4.78. The maximum Gasteiger partial charge on any atom is 0.220 e. The lowest BCUT2D eigenvalue weighted by atomic mass is 9.97. The summed E-state index contributed by atoms with van der Waals surface area (Å²) >= 11 is 3.42. The fourth-order valence-corrected chi connectivity index (χ4v) is 2.52. The van der Waals surface area contributed by atoms with Crippen LogP contribution in [0.4, 0.5) is 0 Å². The van der Waals surface area contributed by atoms with Crippen LogP contribution in [0.25, 0.3) is 0 Å². The molecule has 0 bridgehead atoms. The lowest BCUT2D eigenvalue weighted by Crippen LogP contribution is -2.36. The maximum atomic E-state index is 11.9. The molecule has 3 nitrogen and oxygen atoms in total. The second-order valence-electron chi connectivity index (χ2n) is 4.91. The van der Waals surface area contributed by atoms with Crippen LogP contribution >= 0.6 is 15.9 Å². The smallest absolute Gasteiger partial charge is 0.220 e. The molecule has 1 aliphatic heterocycles. The molecule has 2 unspecified atom stereocenters. The summed E-state index contributed by atoms with van der Waals surface area (Å²) in [5.41, 5.74) is 1.21. The molecule has 1 fully saturated rings. The third-order valence-electron chi connectivity index (χ3n) is 3.36. The molecule has 98 valence electrons. The van der Waals surface area contributed by atoms with E-state index in [2.05, 4.69) is 45.6 Å². The van der Waals surface area contributed by atoms with Crippen molar-refractivity contribution in [3.8, 4) is 0 Å². The number of rotatable bonds is 4. The zero-order valence-electron chi connectivity index (χ0n) is 10.6. The number of nitrogens with one attached hydrogen (secondary N) is 2. The van der Waals surface area contributed by atoms with E-state index >= 15 is 0 Å². The molecule has 1 amide bonds. The fraction of sp³-hybridized carbons (Fsp3) is 0.500.